The summed E-state index contributed by atoms with van der Waals surface area (Å²) in [6.45, 7) is 1.50. The molecule has 2 aromatic heterocycles. The number of rotatable bonds is 3. The molecule has 140 valence electrons. The normalized spacial score (nSPS) is 16.6. The average molecular weight is 371 g/mol. The van der Waals surface area contributed by atoms with Crippen LogP contribution in [0.1, 0.15) is 41.5 Å². The number of aryl methyl sites for hydroxylation is 1. The summed E-state index contributed by atoms with van der Waals surface area (Å²) in [7, 11) is 0. The standard InChI is InChI=1S/C19H19F2N5O/c1-12-8-9-15(26(12)19(20)21)18(27)24-10-11-25-17(13(24)2)22-16(23-25)14-6-4-3-5-7-14/h3-9,13,19H,10-11H2,1-2H3/t13-/m0/s1. The molecule has 0 saturated heterocycles. The topological polar surface area (TPSA) is 56.0 Å². The van der Waals surface area contributed by atoms with Crippen LogP contribution in [0.5, 0.6) is 0 Å². The van der Waals surface area contributed by atoms with Crippen LogP contribution in [0.3, 0.4) is 0 Å². The van der Waals surface area contributed by atoms with Crippen molar-refractivity contribution in [2.24, 2.45) is 0 Å². The Hall–Kier alpha value is -3.03. The number of alkyl halides is 2. The first-order valence-corrected chi connectivity index (χ1v) is 8.74. The maximum atomic E-state index is 13.3. The van der Waals surface area contributed by atoms with Gasteiger partial charge in [-0.2, -0.15) is 13.9 Å². The van der Waals surface area contributed by atoms with Crippen molar-refractivity contribution in [3.8, 4) is 11.4 Å². The average Bonchev–Trinajstić information content (AvgIpc) is 3.26. The van der Waals surface area contributed by atoms with Crippen LogP contribution in [0.4, 0.5) is 8.78 Å². The lowest BCUT2D eigenvalue weighted by Crippen LogP contribution is -2.42. The second-order valence-electron chi connectivity index (χ2n) is 6.56. The van der Waals surface area contributed by atoms with Gasteiger partial charge in [-0.3, -0.25) is 9.36 Å². The molecule has 0 bridgehead atoms. The van der Waals surface area contributed by atoms with Gasteiger partial charge < -0.3 is 4.90 Å². The van der Waals surface area contributed by atoms with Crippen molar-refractivity contribution < 1.29 is 13.6 Å². The summed E-state index contributed by atoms with van der Waals surface area (Å²) in [6, 6.07) is 12.2. The molecule has 0 aliphatic carbocycles. The molecule has 6 nitrogen and oxygen atoms in total. The highest BCUT2D eigenvalue weighted by atomic mass is 19.3. The van der Waals surface area contributed by atoms with Gasteiger partial charge in [0, 0.05) is 17.8 Å². The molecule has 1 amide bonds. The minimum absolute atomic E-state index is 0.00871. The Labute approximate surface area is 155 Å². The number of carbonyl (C=O) groups excluding carboxylic acids is 1. The van der Waals surface area contributed by atoms with Crippen LogP contribution in [-0.4, -0.2) is 36.7 Å². The monoisotopic (exact) mass is 371 g/mol. The number of halogens is 2. The Morgan fingerprint density at radius 1 is 1.15 bits per heavy atom. The van der Waals surface area contributed by atoms with Gasteiger partial charge in [-0.15, -0.1) is 0 Å². The summed E-state index contributed by atoms with van der Waals surface area (Å²) >= 11 is 0. The van der Waals surface area contributed by atoms with E-state index in [9.17, 15) is 13.6 Å². The largest absolute Gasteiger partial charge is 0.326 e. The molecule has 1 aromatic carbocycles. The van der Waals surface area contributed by atoms with Crippen molar-refractivity contribution >= 4 is 5.91 Å². The van der Waals surface area contributed by atoms with Crippen LogP contribution in [0, 0.1) is 6.92 Å². The molecule has 0 unspecified atom stereocenters. The van der Waals surface area contributed by atoms with Gasteiger partial charge in [-0.05, 0) is 26.0 Å². The van der Waals surface area contributed by atoms with E-state index >= 15 is 0 Å². The lowest BCUT2D eigenvalue weighted by atomic mass is 10.2. The van der Waals surface area contributed by atoms with Crippen LogP contribution in [0.2, 0.25) is 0 Å². The maximum Gasteiger partial charge on any atom is 0.319 e. The van der Waals surface area contributed by atoms with E-state index in [0.29, 0.717) is 30.4 Å². The quantitative estimate of drug-likeness (QED) is 0.706. The van der Waals surface area contributed by atoms with E-state index in [4.69, 9.17) is 0 Å². The first-order chi connectivity index (χ1) is 13.0. The first kappa shape index (κ1) is 17.4. The van der Waals surface area contributed by atoms with Gasteiger partial charge in [0.25, 0.3) is 5.91 Å². The zero-order chi connectivity index (χ0) is 19.1. The number of carbonyl (C=O) groups is 1. The lowest BCUT2D eigenvalue weighted by molar-refractivity contribution is 0.0486. The van der Waals surface area contributed by atoms with Crippen molar-refractivity contribution in [1.29, 1.82) is 0 Å². The maximum absolute atomic E-state index is 13.3. The number of hydrogen-bond acceptors (Lipinski definition) is 3. The van der Waals surface area contributed by atoms with Gasteiger partial charge in [0.1, 0.15) is 11.5 Å². The van der Waals surface area contributed by atoms with Crippen molar-refractivity contribution in [3.63, 3.8) is 0 Å². The number of fused-ring (bicyclic) bond motifs is 1. The van der Waals surface area contributed by atoms with Crippen LogP contribution < -0.4 is 0 Å². The molecule has 0 saturated carbocycles. The first-order valence-electron chi connectivity index (χ1n) is 8.74. The second kappa shape index (κ2) is 6.61. The van der Waals surface area contributed by atoms with Gasteiger partial charge in [-0.1, -0.05) is 30.3 Å². The van der Waals surface area contributed by atoms with E-state index in [2.05, 4.69) is 10.1 Å². The van der Waals surface area contributed by atoms with Gasteiger partial charge in [-0.25, -0.2) is 9.67 Å². The second-order valence-corrected chi connectivity index (χ2v) is 6.56. The molecule has 3 heterocycles. The summed E-state index contributed by atoms with van der Waals surface area (Å²) < 4.78 is 29.2. The number of benzene rings is 1. The predicted octanol–water partition coefficient (Wildman–Crippen LogP) is 3.67. The fourth-order valence-corrected chi connectivity index (χ4v) is 3.48. The molecule has 27 heavy (non-hydrogen) atoms. The van der Waals surface area contributed by atoms with E-state index in [1.54, 1.807) is 16.5 Å². The molecule has 0 radical (unpaired) electrons. The molecule has 4 rings (SSSR count). The van der Waals surface area contributed by atoms with E-state index in [-0.39, 0.29) is 11.7 Å². The van der Waals surface area contributed by atoms with Gasteiger partial charge in [0.2, 0.25) is 0 Å². The molecule has 8 heteroatoms. The Kier molecular flexibility index (Phi) is 4.25. The number of hydrogen-bond donors (Lipinski definition) is 0. The van der Waals surface area contributed by atoms with Crippen molar-refractivity contribution in [2.75, 3.05) is 6.54 Å². The van der Waals surface area contributed by atoms with E-state index < -0.39 is 12.5 Å². The summed E-state index contributed by atoms with van der Waals surface area (Å²) in [6.07, 6.45) is 0. The SMILES string of the molecule is Cc1ccc(C(=O)N2CCn3nc(-c4ccccc4)nc3[C@@H]2C)n1C(F)F. The molecular formula is C19H19F2N5O. The molecule has 1 aliphatic heterocycles. The zero-order valence-electron chi connectivity index (χ0n) is 15.0. The summed E-state index contributed by atoms with van der Waals surface area (Å²) in [5, 5.41) is 4.53. The number of aromatic nitrogens is 4. The summed E-state index contributed by atoms with van der Waals surface area (Å²) in [5.41, 5.74) is 1.24. The molecule has 3 aromatic rings. The smallest absolute Gasteiger partial charge is 0.319 e. The van der Waals surface area contributed by atoms with Crippen molar-refractivity contribution in [3.05, 3.63) is 59.7 Å². The molecule has 0 spiro atoms. The highest BCUT2D eigenvalue weighted by Gasteiger charge is 2.33. The third-order valence-electron chi connectivity index (χ3n) is 4.92. The fourth-order valence-electron chi connectivity index (χ4n) is 3.48. The highest BCUT2D eigenvalue weighted by Crippen LogP contribution is 2.29. The molecular weight excluding hydrogens is 352 g/mol. The van der Waals surface area contributed by atoms with Gasteiger partial charge in [0.05, 0.1) is 12.6 Å². The zero-order valence-corrected chi connectivity index (χ0v) is 15.0. The highest BCUT2D eigenvalue weighted by molar-refractivity contribution is 5.93. The number of amides is 1. The van der Waals surface area contributed by atoms with Gasteiger partial charge in [0.15, 0.2) is 5.82 Å². The Morgan fingerprint density at radius 3 is 2.59 bits per heavy atom. The van der Waals surface area contributed by atoms with Gasteiger partial charge >= 0.3 is 6.55 Å². The Balaban J connectivity index is 1.65. The number of nitrogens with zero attached hydrogens (tertiary/aromatic N) is 5. The van der Waals surface area contributed by atoms with Crippen molar-refractivity contribution in [2.45, 2.75) is 33.0 Å². The predicted molar refractivity (Wildman–Crippen MR) is 95.3 cm³/mol. The molecule has 0 N–H and O–H groups in total. The van der Waals surface area contributed by atoms with Crippen LogP contribution in [0.15, 0.2) is 42.5 Å². The van der Waals surface area contributed by atoms with E-state index in [1.807, 2.05) is 37.3 Å². The summed E-state index contributed by atoms with van der Waals surface area (Å²) in [4.78, 5) is 19.1. The minimum Gasteiger partial charge on any atom is -0.326 e. The lowest BCUT2D eigenvalue weighted by Gasteiger charge is -2.33. The van der Waals surface area contributed by atoms with E-state index in [0.717, 1.165) is 10.1 Å². The fraction of sp³-hybridized carbons (Fsp3) is 0.316. The molecule has 1 atom stereocenters. The molecule has 1 aliphatic rings. The Bertz CT molecular complexity index is 979. The van der Waals surface area contributed by atoms with Crippen LogP contribution in [0.25, 0.3) is 11.4 Å². The van der Waals surface area contributed by atoms with Crippen LogP contribution in [-0.2, 0) is 6.54 Å². The van der Waals surface area contributed by atoms with E-state index in [1.165, 1.54) is 12.1 Å². The third kappa shape index (κ3) is 2.90. The third-order valence-corrected chi connectivity index (χ3v) is 4.92. The van der Waals surface area contributed by atoms with Crippen LogP contribution >= 0.6 is 0 Å². The molecule has 0 fully saturated rings. The Morgan fingerprint density at radius 2 is 1.89 bits per heavy atom. The minimum atomic E-state index is -2.76. The summed E-state index contributed by atoms with van der Waals surface area (Å²) in [5.74, 6) is 0.824. The van der Waals surface area contributed by atoms with Crippen molar-refractivity contribution in [1.82, 2.24) is 24.2 Å².